The SMILES string of the molecule is COc1cc(F)ccc1Nc1c(F)cccc1C(=O)O. The second kappa shape index (κ2) is 5.56. The van der Waals surface area contributed by atoms with Gasteiger partial charge in [-0.25, -0.2) is 13.6 Å². The maximum absolute atomic E-state index is 13.8. The fourth-order valence-electron chi connectivity index (χ4n) is 1.73. The lowest BCUT2D eigenvalue weighted by atomic mass is 10.1. The molecule has 0 atom stereocenters. The molecule has 4 nitrogen and oxygen atoms in total. The van der Waals surface area contributed by atoms with Crippen molar-refractivity contribution >= 4 is 17.3 Å². The highest BCUT2D eigenvalue weighted by molar-refractivity contribution is 5.95. The fourth-order valence-corrected chi connectivity index (χ4v) is 1.73. The van der Waals surface area contributed by atoms with E-state index in [0.29, 0.717) is 0 Å². The summed E-state index contributed by atoms with van der Waals surface area (Å²) in [6.45, 7) is 0. The van der Waals surface area contributed by atoms with E-state index < -0.39 is 17.6 Å². The Morgan fingerprint density at radius 1 is 1.25 bits per heavy atom. The van der Waals surface area contributed by atoms with Gasteiger partial charge in [0.2, 0.25) is 0 Å². The van der Waals surface area contributed by atoms with Gasteiger partial charge < -0.3 is 15.2 Å². The molecule has 0 saturated carbocycles. The molecule has 6 heteroatoms. The van der Waals surface area contributed by atoms with Gasteiger partial charge in [-0.2, -0.15) is 0 Å². The van der Waals surface area contributed by atoms with Crippen LogP contribution in [-0.2, 0) is 0 Å². The van der Waals surface area contributed by atoms with Crippen LogP contribution in [0.15, 0.2) is 36.4 Å². The molecule has 0 aliphatic carbocycles. The Morgan fingerprint density at radius 2 is 2.00 bits per heavy atom. The Labute approximate surface area is 113 Å². The lowest BCUT2D eigenvalue weighted by Crippen LogP contribution is -2.05. The third-order valence-electron chi connectivity index (χ3n) is 2.67. The number of rotatable bonds is 4. The van der Waals surface area contributed by atoms with Gasteiger partial charge in [-0.05, 0) is 24.3 Å². The smallest absolute Gasteiger partial charge is 0.337 e. The molecule has 2 rings (SSSR count). The van der Waals surface area contributed by atoms with Crippen LogP contribution < -0.4 is 10.1 Å². The predicted octanol–water partition coefficient (Wildman–Crippen LogP) is 3.42. The summed E-state index contributed by atoms with van der Waals surface area (Å²) < 4.78 is 31.8. The topological polar surface area (TPSA) is 58.6 Å². The van der Waals surface area contributed by atoms with Gasteiger partial charge in [0, 0.05) is 6.07 Å². The molecule has 0 unspecified atom stereocenters. The van der Waals surface area contributed by atoms with Gasteiger partial charge >= 0.3 is 5.97 Å². The van der Waals surface area contributed by atoms with Crippen molar-refractivity contribution in [2.24, 2.45) is 0 Å². The summed E-state index contributed by atoms with van der Waals surface area (Å²) in [5, 5.41) is 11.7. The molecule has 0 fully saturated rings. The van der Waals surface area contributed by atoms with Crippen molar-refractivity contribution in [2.75, 3.05) is 12.4 Å². The summed E-state index contributed by atoms with van der Waals surface area (Å²) in [6.07, 6.45) is 0. The van der Waals surface area contributed by atoms with Gasteiger partial charge in [-0.3, -0.25) is 0 Å². The highest BCUT2D eigenvalue weighted by atomic mass is 19.1. The lowest BCUT2D eigenvalue weighted by Gasteiger charge is -2.13. The number of para-hydroxylation sites is 1. The van der Waals surface area contributed by atoms with E-state index in [1.165, 1.54) is 25.3 Å². The van der Waals surface area contributed by atoms with Gasteiger partial charge in [0.15, 0.2) is 0 Å². The molecule has 104 valence electrons. The van der Waals surface area contributed by atoms with Crippen LogP contribution >= 0.6 is 0 Å². The van der Waals surface area contributed by atoms with Crippen molar-refractivity contribution in [2.45, 2.75) is 0 Å². The highest BCUT2D eigenvalue weighted by Gasteiger charge is 2.16. The Bertz CT molecular complexity index is 659. The molecule has 0 heterocycles. The van der Waals surface area contributed by atoms with Crippen molar-refractivity contribution < 1.29 is 23.4 Å². The minimum absolute atomic E-state index is 0.143. The van der Waals surface area contributed by atoms with E-state index in [4.69, 9.17) is 9.84 Å². The molecular formula is C14H11F2NO3. The van der Waals surface area contributed by atoms with Crippen LogP contribution in [0.4, 0.5) is 20.2 Å². The number of carbonyl (C=O) groups is 1. The van der Waals surface area contributed by atoms with E-state index in [-0.39, 0.29) is 22.7 Å². The fraction of sp³-hybridized carbons (Fsp3) is 0.0714. The standard InChI is InChI=1S/C14H11F2NO3/c1-20-12-7-8(15)5-6-11(12)17-13-9(14(18)19)3-2-4-10(13)16/h2-7,17H,1H3,(H,18,19). The Hall–Kier alpha value is -2.63. The Morgan fingerprint density at radius 3 is 2.65 bits per heavy atom. The van der Waals surface area contributed by atoms with Gasteiger partial charge in [0.25, 0.3) is 0 Å². The first kappa shape index (κ1) is 13.8. The maximum atomic E-state index is 13.8. The van der Waals surface area contributed by atoms with Crippen LogP contribution in [0.25, 0.3) is 0 Å². The molecule has 0 bridgehead atoms. The number of halogens is 2. The second-order valence-corrected chi connectivity index (χ2v) is 3.94. The molecule has 2 N–H and O–H groups in total. The quantitative estimate of drug-likeness (QED) is 0.900. The van der Waals surface area contributed by atoms with Crippen LogP contribution in [0.1, 0.15) is 10.4 Å². The molecular weight excluding hydrogens is 268 g/mol. The minimum atomic E-state index is -1.27. The molecule has 0 radical (unpaired) electrons. The molecule has 0 saturated heterocycles. The number of hydrogen-bond acceptors (Lipinski definition) is 3. The van der Waals surface area contributed by atoms with Crippen LogP contribution in [0.3, 0.4) is 0 Å². The first-order chi connectivity index (χ1) is 9.52. The molecule has 0 aliphatic heterocycles. The number of aromatic carboxylic acids is 1. The van der Waals surface area contributed by atoms with Crippen LogP contribution in [0, 0.1) is 11.6 Å². The third-order valence-corrected chi connectivity index (χ3v) is 2.67. The number of anilines is 2. The molecule has 2 aromatic carbocycles. The Balaban J connectivity index is 2.47. The summed E-state index contributed by atoms with van der Waals surface area (Å²) in [5.74, 6) is -2.37. The van der Waals surface area contributed by atoms with E-state index in [1.807, 2.05) is 0 Å². The van der Waals surface area contributed by atoms with Crippen molar-refractivity contribution in [1.82, 2.24) is 0 Å². The average Bonchev–Trinajstić information content (AvgIpc) is 2.42. The van der Waals surface area contributed by atoms with Crippen molar-refractivity contribution in [3.63, 3.8) is 0 Å². The summed E-state index contributed by atoms with van der Waals surface area (Å²) in [4.78, 5) is 11.1. The first-order valence-electron chi connectivity index (χ1n) is 5.65. The van der Waals surface area contributed by atoms with Crippen LogP contribution in [-0.4, -0.2) is 18.2 Å². The van der Waals surface area contributed by atoms with Crippen molar-refractivity contribution in [3.8, 4) is 5.75 Å². The van der Waals surface area contributed by atoms with Crippen molar-refractivity contribution in [3.05, 3.63) is 53.6 Å². The summed E-state index contributed by atoms with van der Waals surface area (Å²) in [6, 6.07) is 7.31. The van der Waals surface area contributed by atoms with Gasteiger partial charge in [0.1, 0.15) is 17.4 Å². The van der Waals surface area contributed by atoms with Crippen molar-refractivity contribution in [1.29, 1.82) is 0 Å². The maximum Gasteiger partial charge on any atom is 0.337 e. The third kappa shape index (κ3) is 2.69. The highest BCUT2D eigenvalue weighted by Crippen LogP contribution is 2.31. The predicted molar refractivity (Wildman–Crippen MR) is 69.6 cm³/mol. The second-order valence-electron chi connectivity index (χ2n) is 3.94. The van der Waals surface area contributed by atoms with Crippen LogP contribution in [0.2, 0.25) is 0 Å². The zero-order valence-electron chi connectivity index (χ0n) is 10.5. The minimum Gasteiger partial charge on any atom is -0.494 e. The van der Waals surface area contributed by atoms with E-state index in [1.54, 1.807) is 0 Å². The van der Waals surface area contributed by atoms with Gasteiger partial charge in [-0.15, -0.1) is 0 Å². The first-order valence-corrected chi connectivity index (χ1v) is 5.65. The van der Waals surface area contributed by atoms with Gasteiger partial charge in [-0.1, -0.05) is 6.07 Å². The van der Waals surface area contributed by atoms with E-state index >= 15 is 0 Å². The number of carboxylic acids is 1. The zero-order chi connectivity index (χ0) is 14.7. The number of hydrogen-bond donors (Lipinski definition) is 2. The zero-order valence-corrected chi connectivity index (χ0v) is 10.5. The lowest BCUT2D eigenvalue weighted by molar-refractivity contribution is 0.0697. The van der Waals surface area contributed by atoms with E-state index in [9.17, 15) is 13.6 Å². The molecule has 2 aromatic rings. The number of methoxy groups -OCH3 is 1. The normalized spacial score (nSPS) is 10.2. The molecule has 0 aromatic heterocycles. The molecule has 0 spiro atoms. The summed E-state index contributed by atoms with van der Waals surface area (Å²) in [7, 11) is 1.33. The Kier molecular flexibility index (Phi) is 3.84. The summed E-state index contributed by atoms with van der Waals surface area (Å²) in [5.41, 5.74) is -0.164. The largest absolute Gasteiger partial charge is 0.494 e. The van der Waals surface area contributed by atoms with Crippen LogP contribution in [0.5, 0.6) is 5.75 Å². The van der Waals surface area contributed by atoms with E-state index in [2.05, 4.69) is 5.32 Å². The van der Waals surface area contributed by atoms with E-state index in [0.717, 1.165) is 18.2 Å². The number of nitrogens with one attached hydrogen (secondary N) is 1. The average molecular weight is 279 g/mol. The monoisotopic (exact) mass is 279 g/mol. The molecule has 0 amide bonds. The molecule has 20 heavy (non-hydrogen) atoms. The summed E-state index contributed by atoms with van der Waals surface area (Å²) >= 11 is 0. The number of benzene rings is 2. The number of carboxylic acid groups (broad SMARTS) is 1. The number of ether oxygens (including phenoxy) is 1. The van der Waals surface area contributed by atoms with Gasteiger partial charge in [0.05, 0.1) is 24.0 Å². The molecule has 0 aliphatic rings.